The van der Waals surface area contributed by atoms with Gasteiger partial charge in [-0.05, 0) is 47.2 Å². The molecule has 2 amide bonds. The first-order chi connectivity index (χ1) is 14.7. The number of rotatable bonds is 5. The number of hydrogen-bond acceptors (Lipinski definition) is 3. The summed E-state index contributed by atoms with van der Waals surface area (Å²) >= 11 is 0. The van der Waals surface area contributed by atoms with Gasteiger partial charge in [-0.3, -0.25) is 4.79 Å². The number of amides is 2. The van der Waals surface area contributed by atoms with E-state index in [1.54, 1.807) is 17.0 Å². The van der Waals surface area contributed by atoms with Crippen molar-refractivity contribution in [2.75, 3.05) is 19.6 Å². The molecule has 1 fully saturated rings. The molecule has 1 heterocycles. The highest BCUT2D eigenvalue weighted by molar-refractivity contribution is 5.90. The first-order valence-electron chi connectivity index (χ1n) is 10.4. The third kappa shape index (κ3) is 4.98. The summed E-state index contributed by atoms with van der Waals surface area (Å²) < 4.78 is 5.41. The Labute approximate surface area is 176 Å². The number of carbonyl (C=O) groups is 2. The van der Waals surface area contributed by atoms with Gasteiger partial charge in [0.15, 0.2) is 0 Å². The average molecular weight is 402 g/mol. The minimum absolute atomic E-state index is 0.0391. The molecule has 0 unspecified atom stereocenters. The van der Waals surface area contributed by atoms with Crippen LogP contribution >= 0.6 is 0 Å². The highest BCUT2D eigenvalue weighted by Crippen LogP contribution is 2.20. The van der Waals surface area contributed by atoms with Crippen molar-refractivity contribution in [2.45, 2.75) is 19.3 Å². The van der Waals surface area contributed by atoms with Crippen molar-refractivity contribution >= 4 is 22.8 Å². The van der Waals surface area contributed by atoms with Crippen LogP contribution in [0.5, 0.6) is 5.75 Å². The lowest BCUT2D eigenvalue weighted by Crippen LogP contribution is -2.42. The zero-order chi connectivity index (χ0) is 20.8. The predicted octanol–water partition coefficient (Wildman–Crippen LogP) is 4.41. The molecule has 0 aromatic heterocycles. The molecule has 0 spiro atoms. The maximum absolute atomic E-state index is 12.5. The maximum atomic E-state index is 12.5. The summed E-state index contributed by atoms with van der Waals surface area (Å²) in [5.74, 6) is 0.977. The zero-order valence-corrected chi connectivity index (χ0v) is 16.9. The van der Waals surface area contributed by atoms with Gasteiger partial charge in [0.1, 0.15) is 5.75 Å². The lowest BCUT2D eigenvalue weighted by molar-refractivity contribution is -0.120. The molecule has 1 aliphatic rings. The van der Waals surface area contributed by atoms with Crippen molar-refractivity contribution in [3.63, 3.8) is 0 Å². The maximum Gasteiger partial charge on any atom is 0.415 e. The Morgan fingerprint density at radius 3 is 2.40 bits per heavy atom. The molecule has 1 N–H and O–H groups in total. The lowest BCUT2D eigenvalue weighted by Gasteiger charge is -2.31. The predicted molar refractivity (Wildman–Crippen MR) is 117 cm³/mol. The molecule has 0 radical (unpaired) electrons. The standard InChI is InChI=1S/C25H26N2O3/c28-24(17-21-9-6-8-20-7-4-5-12-23(20)21)26-18-19-13-15-27(16-14-19)25(29)30-22-10-2-1-3-11-22/h1-12,19H,13-18H2,(H,26,28). The smallest absolute Gasteiger partial charge is 0.410 e. The van der Waals surface area contributed by atoms with Crippen LogP contribution in [-0.4, -0.2) is 36.5 Å². The number of nitrogens with zero attached hydrogens (tertiary/aromatic N) is 1. The van der Waals surface area contributed by atoms with Gasteiger partial charge in [-0.15, -0.1) is 0 Å². The van der Waals surface area contributed by atoms with Gasteiger partial charge in [0.25, 0.3) is 0 Å². The van der Waals surface area contributed by atoms with Crippen molar-refractivity contribution in [3.8, 4) is 5.75 Å². The number of para-hydroxylation sites is 1. The molecule has 30 heavy (non-hydrogen) atoms. The second-order valence-electron chi connectivity index (χ2n) is 7.73. The van der Waals surface area contributed by atoms with E-state index in [-0.39, 0.29) is 12.0 Å². The number of benzene rings is 3. The van der Waals surface area contributed by atoms with E-state index >= 15 is 0 Å². The van der Waals surface area contributed by atoms with Crippen LogP contribution in [-0.2, 0) is 11.2 Å². The monoisotopic (exact) mass is 402 g/mol. The lowest BCUT2D eigenvalue weighted by atomic mass is 9.97. The zero-order valence-electron chi connectivity index (χ0n) is 16.9. The summed E-state index contributed by atoms with van der Waals surface area (Å²) in [6, 6.07) is 23.3. The van der Waals surface area contributed by atoms with E-state index in [0.717, 1.165) is 29.2 Å². The first-order valence-corrected chi connectivity index (χ1v) is 10.4. The largest absolute Gasteiger partial charge is 0.415 e. The molecule has 5 heteroatoms. The van der Waals surface area contributed by atoms with Crippen LogP contribution in [0.1, 0.15) is 18.4 Å². The summed E-state index contributed by atoms with van der Waals surface area (Å²) in [7, 11) is 0. The van der Waals surface area contributed by atoms with Crippen LogP contribution < -0.4 is 10.1 Å². The average Bonchev–Trinajstić information content (AvgIpc) is 2.79. The third-order valence-corrected chi connectivity index (χ3v) is 5.64. The number of hydrogen-bond donors (Lipinski definition) is 1. The molecule has 0 aliphatic carbocycles. The van der Waals surface area contributed by atoms with E-state index in [1.165, 1.54) is 0 Å². The Hall–Kier alpha value is -3.34. The molecular formula is C25H26N2O3. The van der Waals surface area contributed by atoms with Crippen molar-refractivity contribution in [2.24, 2.45) is 5.92 Å². The third-order valence-electron chi connectivity index (χ3n) is 5.64. The molecule has 5 nitrogen and oxygen atoms in total. The Kier molecular flexibility index (Phi) is 6.28. The minimum Gasteiger partial charge on any atom is -0.410 e. The van der Waals surface area contributed by atoms with E-state index in [2.05, 4.69) is 23.5 Å². The summed E-state index contributed by atoms with van der Waals surface area (Å²) in [5, 5.41) is 5.35. The van der Waals surface area contributed by atoms with Crippen molar-refractivity contribution in [1.82, 2.24) is 10.2 Å². The van der Waals surface area contributed by atoms with Crippen LogP contribution in [0.15, 0.2) is 72.8 Å². The number of piperidine rings is 1. The summed E-state index contributed by atoms with van der Waals surface area (Å²) in [4.78, 5) is 26.5. The van der Waals surface area contributed by atoms with Crippen LogP contribution in [0, 0.1) is 5.92 Å². The van der Waals surface area contributed by atoms with Gasteiger partial charge in [-0.2, -0.15) is 0 Å². The number of likely N-dealkylation sites (tertiary alicyclic amines) is 1. The minimum atomic E-state index is -0.306. The van der Waals surface area contributed by atoms with Crippen molar-refractivity contribution < 1.29 is 14.3 Å². The van der Waals surface area contributed by atoms with Crippen LogP contribution in [0.25, 0.3) is 10.8 Å². The molecule has 1 saturated heterocycles. The van der Waals surface area contributed by atoms with Crippen LogP contribution in [0.2, 0.25) is 0 Å². The van der Waals surface area contributed by atoms with Crippen LogP contribution in [0.4, 0.5) is 4.79 Å². The molecule has 3 aromatic carbocycles. The van der Waals surface area contributed by atoms with Gasteiger partial charge in [-0.1, -0.05) is 60.7 Å². The molecule has 0 bridgehead atoms. The van der Waals surface area contributed by atoms with E-state index in [1.807, 2.05) is 42.5 Å². The fourth-order valence-electron chi connectivity index (χ4n) is 3.91. The Morgan fingerprint density at radius 1 is 0.900 bits per heavy atom. The summed E-state index contributed by atoms with van der Waals surface area (Å²) in [6.07, 6.45) is 1.79. The van der Waals surface area contributed by atoms with Gasteiger partial charge >= 0.3 is 6.09 Å². The number of ether oxygens (including phenoxy) is 1. The fraction of sp³-hybridized carbons (Fsp3) is 0.280. The van der Waals surface area contributed by atoms with Crippen molar-refractivity contribution in [1.29, 1.82) is 0 Å². The molecular weight excluding hydrogens is 376 g/mol. The first kappa shape index (κ1) is 20.0. The number of fused-ring (bicyclic) bond motifs is 1. The quantitative estimate of drug-likeness (QED) is 0.688. The summed E-state index contributed by atoms with van der Waals surface area (Å²) in [5.41, 5.74) is 1.05. The van der Waals surface area contributed by atoms with Crippen molar-refractivity contribution in [3.05, 3.63) is 78.4 Å². The molecule has 0 saturated carbocycles. The molecule has 4 rings (SSSR count). The van der Waals surface area contributed by atoms with Gasteiger partial charge in [0, 0.05) is 19.6 Å². The molecule has 3 aromatic rings. The Balaban J connectivity index is 1.22. The second kappa shape index (κ2) is 9.44. The number of nitrogens with one attached hydrogen (secondary N) is 1. The highest BCUT2D eigenvalue weighted by atomic mass is 16.6. The van der Waals surface area contributed by atoms with Gasteiger partial charge in [-0.25, -0.2) is 4.79 Å². The number of carbonyl (C=O) groups excluding carboxylic acids is 2. The van der Waals surface area contributed by atoms with E-state index < -0.39 is 0 Å². The summed E-state index contributed by atoms with van der Waals surface area (Å²) in [6.45, 7) is 1.94. The van der Waals surface area contributed by atoms with E-state index in [4.69, 9.17) is 4.74 Å². The van der Waals surface area contributed by atoms with Gasteiger partial charge < -0.3 is 15.0 Å². The highest BCUT2D eigenvalue weighted by Gasteiger charge is 2.24. The van der Waals surface area contributed by atoms with Gasteiger partial charge in [0.05, 0.1) is 6.42 Å². The topological polar surface area (TPSA) is 58.6 Å². The normalized spacial score (nSPS) is 14.5. The molecule has 1 aliphatic heterocycles. The SMILES string of the molecule is O=C(Cc1cccc2ccccc12)NCC1CCN(C(=O)Oc2ccccc2)CC1. The molecule has 154 valence electrons. The van der Waals surface area contributed by atoms with E-state index in [0.29, 0.717) is 37.7 Å². The Bertz CT molecular complexity index is 1010. The van der Waals surface area contributed by atoms with E-state index in [9.17, 15) is 9.59 Å². The molecule has 0 atom stereocenters. The Morgan fingerprint density at radius 2 is 1.60 bits per heavy atom. The fourth-order valence-corrected chi connectivity index (χ4v) is 3.91. The second-order valence-corrected chi connectivity index (χ2v) is 7.73. The van der Waals surface area contributed by atoms with Crippen LogP contribution in [0.3, 0.4) is 0 Å². The van der Waals surface area contributed by atoms with Gasteiger partial charge in [0.2, 0.25) is 5.91 Å².